The van der Waals surface area contributed by atoms with Gasteiger partial charge in [-0.15, -0.1) is 11.3 Å². The second-order valence-electron chi connectivity index (χ2n) is 5.10. The fourth-order valence-corrected chi connectivity index (χ4v) is 3.68. The van der Waals surface area contributed by atoms with E-state index in [4.69, 9.17) is 5.73 Å². The predicted molar refractivity (Wildman–Crippen MR) is 75.5 cm³/mol. The summed E-state index contributed by atoms with van der Waals surface area (Å²) in [6.07, 6.45) is 4.72. The van der Waals surface area contributed by atoms with Crippen molar-refractivity contribution < 1.29 is 0 Å². The lowest BCUT2D eigenvalue weighted by molar-refractivity contribution is 0.192. The number of hydrogen-bond acceptors (Lipinski definition) is 3. The molecule has 2 rings (SSSR count). The first-order valence-electron chi connectivity index (χ1n) is 6.78. The third kappa shape index (κ3) is 3.09. The lowest BCUT2D eigenvalue weighted by Crippen LogP contribution is -2.36. The van der Waals surface area contributed by atoms with Gasteiger partial charge in [-0.05, 0) is 43.2 Å². The van der Waals surface area contributed by atoms with Gasteiger partial charge >= 0.3 is 0 Å². The fraction of sp³-hybridized carbons (Fsp3) is 0.714. The molecule has 0 aliphatic carbocycles. The van der Waals surface area contributed by atoms with Gasteiger partial charge in [-0.2, -0.15) is 0 Å². The van der Waals surface area contributed by atoms with Crippen LogP contribution in [0.3, 0.4) is 0 Å². The van der Waals surface area contributed by atoms with E-state index in [-0.39, 0.29) is 0 Å². The van der Waals surface area contributed by atoms with Gasteiger partial charge in [0.2, 0.25) is 0 Å². The third-order valence-electron chi connectivity index (χ3n) is 3.85. The molecule has 1 aromatic rings. The Hall–Kier alpha value is -0.380. The monoisotopic (exact) mass is 252 g/mol. The topological polar surface area (TPSA) is 29.3 Å². The maximum absolute atomic E-state index is 6.10. The summed E-state index contributed by atoms with van der Waals surface area (Å²) in [7, 11) is 0. The average molecular weight is 252 g/mol. The Labute approximate surface area is 109 Å². The number of hydrogen-bond donors (Lipinski definition) is 1. The van der Waals surface area contributed by atoms with Crippen molar-refractivity contribution in [2.24, 2.45) is 5.73 Å². The highest BCUT2D eigenvalue weighted by Crippen LogP contribution is 2.32. The molecule has 1 aliphatic rings. The molecule has 2 heterocycles. The molecule has 0 saturated carbocycles. The highest BCUT2D eigenvalue weighted by molar-refractivity contribution is 7.10. The normalized spacial score (nSPS) is 22.4. The zero-order valence-electron chi connectivity index (χ0n) is 11.0. The molecule has 2 unspecified atom stereocenters. The SMILES string of the molecule is CCCC(N)CCN1CCc2sccc2C1C. The van der Waals surface area contributed by atoms with Gasteiger partial charge in [-0.3, -0.25) is 4.90 Å². The van der Waals surface area contributed by atoms with Crippen LogP contribution in [0.1, 0.15) is 49.6 Å². The summed E-state index contributed by atoms with van der Waals surface area (Å²) >= 11 is 1.91. The molecule has 1 aliphatic heterocycles. The Morgan fingerprint density at radius 2 is 2.35 bits per heavy atom. The average Bonchev–Trinajstić information content (AvgIpc) is 2.77. The summed E-state index contributed by atoms with van der Waals surface area (Å²) in [5.41, 5.74) is 7.64. The molecular formula is C14H24N2S. The summed E-state index contributed by atoms with van der Waals surface area (Å²) in [6, 6.07) is 3.26. The van der Waals surface area contributed by atoms with E-state index < -0.39 is 0 Å². The highest BCUT2D eigenvalue weighted by atomic mass is 32.1. The molecule has 2 N–H and O–H groups in total. The molecule has 2 atom stereocenters. The van der Waals surface area contributed by atoms with Crippen LogP contribution >= 0.6 is 11.3 Å². The van der Waals surface area contributed by atoms with E-state index in [0.717, 1.165) is 19.4 Å². The molecule has 0 saturated heterocycles. The predicted octanol–water partition coefficient (Wildman–Crippen LogP) is 3.18. The molecule has 0 amide bonds. The molecule has 0 radical (unpaired) electrons. The van der Waals surface area contributed by atoms with Crippen molar-refractivity contribution in [3.05, 3.63) is 21.9 Å². The molecule has 1 aromatic heterocycles. The molecule has 3 heteroatoms. The van der Waals surface area contributed by atoms with Crippen LogP contribution in [-0.2, 0) is 6.42 Å². The minimum Gasteiger partial charge on any atom is -0.328 e. The molecule has 96 valence electrons. The minimum atomic E-state index is 0.385. The molecule has 0 fully saturated rings. The highest BCUT2D eigenvalue weighted by Gasteiger charge is 2.24. The summed E-state index contributed by atoms with van der Waals surface area (Å²) in [5, 5.41) is 2.23. The lowest BCUT2D eigenvalue weighted by Gasteiger charge is -2.34. The van der Waals surface area contributed by atoms with Crippen molar-refractivity contribution in [3.8, 4) is 0 Å². The van der Waals surface area contributed by atoms with Crippen LogP contribution in [0.2, 0.25) is 0 Å². The quantitative estimate of drug-likeness (QED) is 0.872. The Bertz CT molecular complexity index is 348. The zero-order chi connectivity index (χ0) is 12.3. The van der Waals surface area contributed by atoms with Crippen molar-refractivity contribution >= 4 is 11.3 Å². The van der Waals surface area contributed by atoms with Gasteiger partial charge < -0.3 is 5.73 Å². The smallest absolute Gasteiger partial charge is 0.0331 e. The zero-order valence-corrected chi connectivity index (χ0v) is 11.8. The first kappa shape index (κ1) is 13.1. The molecular weight excluding hydrogens is 228 g/mol. The summed E-state index contributed by atoms with van der Waals surface area (Å²) < 4.78 is 0. The van der Waals surface area contributed by atoms with E-state index in [1.807, 2.05) is 11.3 Å². The fourth-order valence-electron chi connectivity index (χ4n) is 2.71. The molecule has 0 bridgehead atoms. The van der Waals surface area contributed by atoms with Crippen LogP contribution in [0.4, 0.5) is 0 Å². The number of nitrogens with zero attached hydrogens (tertiary/aromatic N) is 1. The molecule has 0 aromatic carbocycles. The summed E-state index contributed by atoms with van der Waals surface area (Å²) in [5.74, 6) is 0. The summed E-state index contributed by atoms with van der Waals surface area (Å²) in [4.78, 5) is 4.18. The van der Waals surface area contributed by atoms with Gasteiger partial charge in [0, 0.05) is 30.1 Å². The van der Waals surface area contributed by atoms with Crippen LogP contribution in [0.25, 0.3) is 0 Å². The van der Waals surface area contributed by atoms with Crippen LogP contribution in [0, 0.1) is 0 Å². The molecule has 2 nitrogen and oxygen atoms in total. The number of thiophene rings is 1. The summed E-state index contributed by atoms with van der Waals surface area (Å²) in [6.45, 7) is 6.89. The minimum absolute atomic E-state index is 0.385. The number of fused-ring (bicyclic) bond motifs is 1. The van der Waals surface area contributed by atoms with Gasteiger partial charge in [-0.25, -0.2) is 0 Å². The molecule has 0 spiro atoms. The Balaban J connectivity index is 1.87. The van der Waals surface area contributed by atoms with Gasteiger partial charge in [0.15, 0.2) is 0 Å². The molecule has 17 heavy (non-hydrogen) atoms. The van der Waals surface area contributed by atoms with Crippen molar-refractivity contribution in [3.63, 3.8) is 0 Å². The van der Waals surface area contributed by atoms with E-state index in [1.54, 1.807) is 10.4 Å². The van der Waals surface area contributed by atoms with Crippen LogP contribution in [0.5, 0.6) is 0 Å². The Morgan fingerprint density at radius 1 is 1.53 bits per heavy atom. The standard InChI is InChI=1S/C14H24N2S/c1-3-4-12(15)5-8-16-9-6-14-13(11(16)2)7-10-17-14/h7,10-12H,3-6,8-9,15H2,1-2H3. The lowest BCUT2D eigenvalue weighted by atomic mass is 10.0. The Kier molecular flexibility index (Phi) is 4.60. The van der Waals surface area contributed by atoms with E-state index in [2.05, 4.69) is 30.2 Å². The second kappa shape index (κ2) is 5.98. The van der Waals surface area contributed by atoms with E-state index in [1.165, 1.54) is 19.4 Å². The van der Waals surface area contributed by atoms with E-state index in [0.29, 0.717) is 12.1 Å². The number of nitrogens with two attached hydrogens (primary N) is 1. The van der Waals surface area contributed by atoms with Gasteiger partial charge in [0.05, 0.1) is 0 Å². The van der Waals surface area contributed by atoms with Crippen LogP contribution in [0.15, 0.2) is 11.4 Å². The second-order valence-corrected chi connectivity index (χ2v) is 6.10. The largest absolute Gasteiger partial charge is 0.328 e. The maximum Gasteiger partial charge on any atom is 0.0331 e. The van der Waals surface area contributed by atoms with Gasteiger partial charge in [0.1, 0.15) is 0 Å². The van der Waals surface area contributed by atoms with Gasteiger partial charge in [0.25, 0.3) is 0 Å². The van der Waals surface area contributed by atoms with Crippen LogP contribution in [-0.4, -0.2) is 24.0 Å². The maximum atomic E-state index is 6.10. The number of rotatable bonds is 5. The van der Waals surface area contributed by atoms with E-state index >= 15 is 0 Å². The van der Waals surface area contributed by atoms with Crippen molar-refractivity contribution in [1.29, 1.82) is 0 Å². The third-order valence-corrected chi connectivity index (χ3v) is 4.85. The van der Waals surface area contributed by atoms with Gasteiger partial charge in [-0.1, -0.05) is 13.3 Å². The first-order valence-corrected chi connectivity index (χ1v) is 7.66. The van der Waals surface area contributed by atoms with Crippen LogP contribution < -0.4 is 5.73 Å². The van der Waals surface area contributed by atoms with Crippen molar-refractivity contribution in [1.82, 2.24) is 4.90 Å². The van der Waals surface area contributed by atoms with Crippen molar-refractivity contribution in [2.45, 2.75) is 51.6 Å². The Morgan fingerprint density at radius 3 is 3.12 bits per heavy atom. The van der Waals surface area contributed by atoms with Crippen molar-refractivity contribution in [2.75, 3.05) is 13.1 Å². The van der Waals surface area contributed by atoms with E-state index in [9.17, 15) is 0 Å². The first-order chi connectivity index (χ1) is 8.22.